The van der Waals surface area contributed by atoms with Gasteiger partial charge >= 0.3 is 5.97 Å². The summed E-state index contributed by atoms with van der Waals surface area (Å²) >= 11 is 0. The lowest BCUT2D eigenvalue weighted by Gasteiger charge is -2.34. The number of amides is 1. The summed E-state index contributed by atoms with van der Waals surface area (Å²) in [5, 5.41) is 2.88. The number of quaternary nitrogens is 1. The van der Waals surface area contributed by atoms with Crippen molar-refractivity contribution in [2.24, 2.45) is 0 Å². The van der Waals surface area contributed by atoms with Crippen LogP contribution in [0.4, 0.5) is 5.69 Å². The van der Waals surface area contributed by atoms with E-state index in [1.54, 1.807) is 0 Å². The highest BCUT2D eigenvalue weighted by atomic mass is 16.5. The molecule has 1 heterocycles. The van der Waals surface area contributed by atoms with Gasteiger partial charge in [-0.05, 0) is 25.0 Å². The minimum Gasteiger partial charge on any atom is -0.469 e. The second kappa shape index (κ2) is 9.27. The number of benzene rings is 1. The van der Waals surface area contributed by atoms with Crippen molar-refractivity contribution in [3.05, 3.63) is 29.8 Å². The molecule has 1 amide bonds. The standard InChI is InChI=1S/C18H27N3O3/c1-15-6-3-4-7-16(15)21-12-10-20(11-13-21)14-17(22)19-9-5-8-18(23)24-2/h3-4,6-7H,5,8-14H2,1-2H3,(H,19,22)/p+1. The van der Waals surface area contributed by atoms with Crippen LogP contribution in [0.5, 0.6) is 0 Å². The number of para-hydroxylation sites is 1. The number of nitrogens with zero attached hydrogens (tertiary/aromatic N) is 1. The van der Waals surface area contributed by atoms with Crippen molar-refractivity contribution in [1.29, 1.82) is 0 Å². The van der Waals surface area contributed by atoms with Crippen molar-refractivity contribution >= 4 is 17.6 Å². The molecule has 6 heteroatoms. The first-order chi connectivity index (χ1) is 11.6. The van der Waals surface area contributed by atoms with E-state index in [0.29, 0.717) is 25.9 Å². The molecule has 0 aromatic heterocycles. The molecule has 2 N–H and O–H groups in total. The molecule has 0 unspecified atom stereocenters. The zero-order valence-corrected chi connectivity index (χ0v) is 14.6. The molecular formula is C18H28N3O3+. The topological polar surface area (TPSA) is 63.1 Å². The lowest BCUT2D eigenvalue weighted by Crippen LogP contribution is -3.16. The molecule has 0 bridgehead atoms. The fourth-order valence-corrected chi connectivity index (χ4v) is 3.01. The predicted molar refractivity (Wildman–Crippen MR) is 93.2 cm³/mol. The number of aryl methyl sites for hydroxylation is 1. The average molecular weight is 334 g/mol. The predicted octanol–water partition coefficient (Wildman–Crippen LogP) is -0.231. The first kappa shape index (κ1) is 18.3. The summed E-state index contributed by atoms with van der Waals surface area (Å²) < 4.78 is 4.57. The Hall–Kier alpha value is -2.08. The Kier molecular flexibility index (Phi) is 7.06. The van der Waals surface area contributed by atoms with Crippen LogP contribution in [0.2, 0.25) is 0 Å². The van der Waals surface area contributed by atoms with Crippen molar-refractivity contribution < 1.29 is 19.2 Å². The van der Waals surface area contributed by atoms with E-state index in [1.165, 1.54) is 23.3 Å². The molecule has 0 saturated carbocycles. The van der Waals surface area contributed by atoms with Gasteiger partial charge in [-0.1, -0.05) is 18.2 Å². The van der Waals surface area contributed by atoms with Crippen LogP contribution < -0.4 is 15.1 Å². The Morgan fingerprint density at radius 1 is 1.25 bits per heavy atom. The first-order valence-corrected chi connectivity index (χ1v) is 8.58. The zero-order valence-electron chi connectivity index (χ0n) is 14.6. The number of carbonyl (C=O) groups excluding carboxylic acids is 2. The average Bonchev–Trinajstić information content (AvgIpc) is 2.60. The Morgan fingerprint density at radius 3 is 2.62 bits per heavy atom. The lowest BCUT2D eigenvalue weighted by molar-refractivity contribution is -0.892. The van der Waals surface area contributed by atoms with Crippen LogP contribution in [0.25, 0.3) is 0 Å². The Labute approximate surface area is 143 Å². The third-order valence-electron chi connectivity index (χ3n) is 4.44. The second-order valence-corrected chi connectivity index (χ2v) is 6.23. The van der Waals surface area contributed by atoms with Crippen molar-refractivity contribution in [3.63, 3.8) is 0 Å². The molecule has 6 nitrogen and oxygen atoms in total. The first-order valence-electron chi connectivity index (χ1n) is 8.58. The number of carbonyl (C=O) groups is 2. The number of anilines is 1. The van der Waals surface area contributed by atoms with Gasteiger partial charge in [0, 0.05) is 18.7 Å². The number of esters is 1. The van der Waals surface area contributed by atoms with Crippen LogP contribution >= 0.6 is 0 Å². The van der Waals surface area contributed by atoms with Gasteiger partial charge in [-0.25, -0.2) is 0 Å². The van der Waals surface area contributed by atoms with Crippen LogP contribution in [-0.4, -0.2) is 58.3 Å². The normalized spacial score (nSPS) is 15.2. The van der Waals surface area contributed by atoms with E-state index in [-0.39, 0.29) is 11.9 Å². The largest absolute Gasteiger partial charge is 0.469 e. The highest BCUT2D eigenvalue weighted by Gasteiger charge is 2.22. The number of nitrogens with one attached hydrogen (secondary N) is 2. The van der Waals surface area contributed by atoms with Gasteiger partial charge in [0.2, 0.25) is 0 Å². The number of rotatable bonds is 7. The zero-order chi connectivity index (χ0) is 17.4. The van der Waals surface area contributed by atoms with Gasteiger partial charge in [0.1, 0.15) is 0 Å². The maximum atomic E-state index is 12.0. The molecule has 0 aliphatic carbocycles. The van der Waals surface area contributed by atoms with Gasteiger partial charge in [0.15, 0.2) is 6.54 Å². The molecule has 2 rings (SSSR count). The summed E-state index contributed by atoms with van der Waals surface area (Å²) in [7, 11) is 1.38. The third-order valence-corrected chi connectivity index (χ3v) is 4.44. The van der Waals surface area contributed by atoms with Gasteiger partial charge in [0.25, 0.3) is 5.91 Å². The summed E-state index contributed by atoms with van der Waals surface area (Å²) in [4.78, 5) is 26.7. The van der Waals surface area contributed by atoms with Crippen LogP contribution in [0, 0.1) is 6.92 Å². The summed E-state index contributed by atoms with van der Waals surface area (Å²) in [5.74, 6) is -0.179. The quantitative estimate of drug-likeness (QED) is 0.534. The molecule has 1 aliphatic rings. The van der Waals surface area contributed by atoms with E-state index in [9.17, 15) is 9.59 Å². The van der Waals surface area contributed by atoms with Gasteiger partial charge in [-0.15, -0.1) is 0 Å². The molecule has 1 fully saturated rings. The molecular weight excluding hydrogens is 306 g/mol. The van der Waals surface area contributed by atoms with Gasteiger partial charge < -0.3 is 19.9 Å². The Bertz CT molecular complexity index is 554. The summed E-state index contributed by atoms with van der Waals surface area (Å²) in [5.41, 5.74) is 2.59. The molecule has 1 aromatic rings. The van der Waals surface area contributed by atoms with E-state index >= 15 is 0 Å². The monoisotopic (exact) mass is 334 g/mol. The van der Waals surface area contributed by atoms with Gasteiger partial charge in [0.05, 0.1) is 33.3 Å². The van der Waals surface area contributed by atoms with Crippen molar-refractivity contribution in [3.8, 4) is 0 Å². The molecule has 24 heavy (non-hydrogen) atoms. The molecule has 0 atom stereocenters. The summed E-state index contributed by atoms with van der Waals surface area (Å²) in [6.45, 7) is 7.02. The molecule has 1 saturated heterocycles. The lowest BCUT2D eigenvalue weighted by atomic mass is 10.1. The third kappa shape index (κ3) is 5.53. The Balaban J connectivity index is 1.66. The highest BCUT2D eigenvalue weighted by molar-refractivity contribution is 5.76. The Morgan fingerprint density at radius 2 is 1.96 bits per heavy atom. The van der Waals surface area contributed by atoms with Crippen LogP contribution in [0.15, 0.2) is 24.3 Å². The smallest absolute Gasteiger partial charge is 0.305 e. The fraction of sp³-hybridized carbons (Fsp3) is 0.556. The molecule has 132 valence electrons. The summed E-state index contributed by atoms with van der Waals surface area (Å²) in [6.07, 6.45) is 0.966. The maximum absolute atomic E-state index is 12.0. The number of ether oxygens (including phenoxy) is 1. The van der Waals surface area contributed by atoms with E-state index in [0.717, 1.165) is 26.2 Å². The minimum atomic E-state index is -0.234. The maximum Gasteiger partial charge on any atom is 0.305 e. The van der Waals surface area contributed by atoms with Gasteiger partial charge in [-0.3, -0.25) is 9.59 Å². The molecule has 1 aromatic carbocycles. The van der Waals surface area contributed by atoms with E-state index in [4.69, 9.17) is 0 Å². The highest BCUT2D eigenvalue weighted by Crippen LogP contribution is 2.18. The van der Waals surface area contributed by atoms with Gasteiger partial charge in [-0.2, -0.15) is 0 Å². The van der Waals surface area contributed by atoms with Crippen molar-refractivity contribution in [1.82, 2.24) is 5.32 Å². The van der Waals surface area contributed by atoms with Crippen LogP contribution in [-0.2, 0) is 14.3 Å². The minimum absolute atomic E-state index is 0.0548. The van der Waals surface area contributed by atoms with E-state index < -0.39 is 0 Å². The van der Waals surface area contributed by atoms with E-state index in [2.05, 4.69) is 46.1 Å². The SMILES string of the molecule is COC(=O)CCCNC(=O)C[NH+]1CCN(c2ccccc2C)CC1. The van der Waals surface area contributed by atoms with Crippen molar-refractivity contribution in [2.75, 3.05) is 51.3 Å². The van der Waals surface area contributed by atoms with Crippen molar-refractivity contribution in [2.45, 2.75) is 19.8 Å². The fourth-order valence-electron chi connectivity index (χ4n) is 3.01. The molecule has 0 radical (unpaired) electrons. The number of hydrogen-bond donors (Lipinski definition) is 2. The molecule has 1 aliphatic heterocycles. The molecule has 0 spiro atoms. The van der Waals surface area contributed by atoms with E-state index in [1.807, 2.05) is 0 Å². The van der Waals surface area contributed by atoms with Crippen LogP contribution in [0.3, 0.4) is 0 Å². The number of hydrogen-bond acceptors (Lipinski definition) is 4. The number of methoxy groups -OCH3 is 1. The number of piperazine rings is 1. The summed E-state index contributed by atoms with van der Waals surface area (Å²) in [6, 6.07) is 8.43. The second-order valence-electron chi connectivity index (χ2n) is 6.23. The van der Waals surface area contributed by atoms with Crippen LogP contribution in [0.1, 0.15) is 18.4 Å².